The van der Waals surface area contributed by atoms with E-state index in [2.05, 4.69) is 27.2 Å². The topological polar surface area (TPSA) is 86.8 Å². The first-order chi connectivity index (χ1) is 8.22. The Hall–Kier alpha value is -2.22. The highest BCUT2D eigenvalue weighted by Crippen LogP contribution is 2.09. The minimum Gasteiger partial charge on any atom is -0.376 e. The van der Waals surface area contributed by atoms with E-state index in [1.54, 1.807) is 0 Å². The van der Waals surface area contributed by atoms with Crippen LogP contribution in [0.4, 0.5) is 5.69 Å². The van der Waals surface area contributed by atoms with Crippen LogP contribution >= 0.6 is 12.2 Å². The quantitative estimate of drug-likeness (QED) is 0.214. The van der Waals surface area contributed by atoms with Crippen molar-refractivity contribution < 1.29 is 0 Å². The molecule has 5 nitrogen and oxygen atoms in total. The molecular formula is C11H11N5S. The van der Waals surface area contributed by atoms with Gasteiger partial charge in [0.1, 0.15) is 0 Å². The van der Waals surface area contributed by atoms with Gasteiger partial charge in [-0.1, -0.05) is 23.0 Å². The normalized spacial score (nSPS) is 8.47. The van der Waals surface area contributed by atoms with Gasteiger partial charge >= 0.3 is 0 Å². The molecule has 0 amide bonds. The maximum Gasteiger partial charge on any atom is 0.168 e. The van der Waals surface area contributed by atoms with E-state index < -0.39 is 0 Å². The fourth-order valence-electron chi connectivity index (χ4n) is 1.13. The van der Waals surface area contributed by atoms with Gasteiger partial charge < -0.3 is 11.1 Å². The average Bonchev–Trinajstić information content (AvgIpc) is 2.28. The van der Waals surface area contributed by atoms with Crippen molar-refractivity contribution in [2.24, 2.45) is 10.8 Å². The van der Waals surface area contributed by atoms with Gasteiger partial charge in [-0.25, -0.2) is 0 Å². The Balaban J connectivity index is 2.64. The van der Waals surface area contributed by atoms with Crippen LogP contribution in [0.25, 0.3) is 10.4 Å². The second-order valence-electron chi connectivity index (χ2n) is 3.08. The molecule has 0 unspecified atom stereocenters. The van der Waals surface area contributed by atoms with E-state index in [0.717, 1.165) is 11.3 Å². The summed E-state index contributed by atoms with van der Waals surface area (Å²) in [6.07, 6.45) is 0.539. The first-order valence-corrected chi connectivity index (χ1v) is 5.29. The maximum absolute atomic E-state index is 8.08. The molecule has 1 rings (SSSR count). The van der Waals surface area contributed by atoms with E-state index in [1.807, 2.05) is 24.3 Å². The molecule has 0 aliphatic heterocycles. The van der Waals surface area contributed by atoms with Crippen molar-refractivity contribution >= 4 is 23.0 Å². The lowest BCUT2D eigenvalue weighted by Gasteiger charge is -2.02. The molecule has 0 heterocycles. The predicted octanol–water partition coefficient (Wildman–Crippen LogP) is 2.39. The first-order valence-electron chi connectivity index (χ1n) is 4.88. The van der Waals surface area contributed by atoms with Gasteiger partial charge in [-0.05, 0) is 35.9 Å². The number of nitrogens with one attached hydrogen (secondary N) is 1. The second-order valence-corrected chi connectivity index (χ2v) is 3.52. The summed E-state index contributed by atoms with van der Waals surface area (Å²) in [7, 11) is 0. The zero-order chi connectivity index (χ0) is 12.5. The fraction of sp³-hybridized carbons (Fsp3) is 0.182. The molecule has 0 aromatic heterocycles. The molecule has 0 spiro atoms. The Morgan fingerprint density at radius 1 is 1.59 bits per heavy atom. The van der Waals surface area contributed by atoms with E-state index >= 15 is 0 Å². The van der Waals surface area contributed by atoms with Crippen LogP contribution in [0, 0.1) is 11.8 Å². The average molecular weight is 245 g/mol. The molecule has 0 saturated carbocycles. The summed E-state index contributed by atoms with van der Waals surface area (Å²) in [6, 6.07) is 7.44. The summed E-state index contributed by atoms with van der Waals surface area (Å²) in [5.74, 6) is 5.87. The van der Waals surface area contributed by atoms with Crippen molar-refractivity contribution in [2.45, 2.75) is 6.42 Å². The van der Waals surface area contributed by atoms with Crippen LogP contribution in [0.3, 0.4) is 0 Å². The van der Waals surface area contributed by atoms with Gasteiger partial charge in [0.25, 0.3) is 0 Å². The molecule has 0 aliphatic carbocycles. The van der Waals surface area contributed by atoms with Crippen molar-refractivity contribution in [1.82, 2.24) is 0 Å². The number of hydrogen-bond acceptors (Lipinski definition) is 2. The van der Waals surface area contributed by atoms with Gasteiger partial charge in [0.2, 0.25) is 0 Å². The monoisotopic (exact) mass is 245 g/mol. The standard InChI is InChI=1S/C11H11N5S/c12-11(17)15-10-6-3-5-9(8-10)4-1-2-7-14-16-13/h3,5-6,8H,2,7H2,(H3,12,15,17). The van der Waals surface area contributed by atoms with Gasteiger partial charge in [0.15, 0.2) is 5.11 Å². The van der Waals surface area contributed by atoms with Crippen LogP contribution in [-0.2, 0) is 0 Å². The number of anilines is 1. The minimum absolute atomic E-state index is 0.221. The Kier molecular flexibility index (Phi) is 5.38. The fourth-order valence-corrected chi connectivity index (χ4v) is 1.25. The smallest absolute Gasteiger partial charge is 0.168 e. The molecule has 0 radical (unpaired) electrons. The SMILES string of the molecule is [N-]=[N+]=NCCC#Cc1cccc(NC(N)=S)c1. The zero-order valence-electron chi connectivity index (χ0n) is 9.05. The highest BCUT2D eigenvalue weighted by atomic mass is 32.1. The molecule has 0 aliphatic rings. The molecular weight excluding hydrogens is 234 g/mol. The van der Waals surface area contributed by atoms with Crippen molar-refractivity contribution in [2.75, 3.05) is 11.9 Å². The number of thiocarbonyl (C=S) groups is 1. The highest BCUT2D eigenvalue weighted by molar-refractivity contribution is 7.80. The molecule has 17 heavy (non-hydrogen) atoms. The lowest BCUT2D eigenvalue weighted by atomic mass is 10.2. The third kappa shape index (κ3) is 5.42. The van der Waals surface area contributed by atoms with Crippen LogP contribution in [-0.4, -0.2) is 11.7 Å². The number of hydrogen-bond donors (Lipinski definition) is 2. The minimum atomic E-state index is 0.221. The second kappa shape index (κ2) is 7.12. The molecule has 6 heteroatoms. The van der Waals surface area contributed by atoms with Crippen LogP contribution < -0.4 is 11.1 Å². The van der Waals surface area contributed by atoms with Crippen LogP contribution in [0.15, 0.2) is 29.4 Å². The Morgan fingerprint density at radius 2 is 2.41 bits per heavy atom. The molecule has 0 fully saturated rings. The van der Waals surface area contributed by atoms with Crippen LogP contribution in [0.1, 0.15) is 12.0 Å². The summed E-state index contributed by atoms with van der Waals surface area (Å²) < 4.78 is 0. The van der Waals surface area contributed by atoms with Crippen molar-refractivity contribution in [3.63, 3.8) is 0 Å². The number of nitrogens with two attached hydrogens (primary N) is 1. The van der Waals surface area contributed by atoms with Crippen molar-refractivity contribution in [3.8, 4) is 11.8 Å². The zero-order valence-corrected chi connectivity index (χ0v) is 9.87. The number of rotatable bonds is 3. The van der Waals surface area contributed by atoms with Gasteiger partial charge in [0, 0.05) is 29.1 Å². The van der Waals surface area contributed by atoms with Crippen molar-refractivity contribution in [3.05, 3.63) is 40.3 Å². The van der Waals surface area contributed by atoms with Gasteiger partial charge in [0.05, 0.1) is 0 Å². The predicted molar refractivity (Wildman–Crippen MR) is 72.4 cm³/mol. The Bertz CT molecular complexity index is 508. The third-order valence-corrected chi connectivity index (χ3v) is 1.86. The van der Waals surface area contributed by atoms with E-state index in [9.17, 15) is 0 Å². The lowest BCUT2D eigenvalue weighted by molar-refractivity contribution is 1.01. The summed E-state index contributed by atoms with van der Waals surface area (Å²) in [6.45, 7) is 0.383. The molecule has 1 aromatic carbocycles. The van der Waals surface area contributed by atoms with Gasteiger partial charge in [-0.3, -0.25) is 0 Å². The summed E-state index contributed by atoms with van der Waals surface area (Å²) >= 11 is 4.74. The summed E-state index contributed by atoms with van der Waals surface area (Å²) in [5.41, 5.74) is 15.1. The molecule has 0 bridgehead atoms. The Labute approximate surface area is 105 Å². The summed E-state index contributed by atoms with van der Waals surface area (Å²) in [5, 5.41) is 6.44. The van der Waals surface area contributed by atoms with E-state index in [4.69, 9.17) is 23.5 Å². The van der Waals surface area contributed by atoms with Crippen LogP contribution in [0.2, 0.25) is 0 Å². The lowest BCUT2D eigenvalue weighted by Crippen LogP contribution is -2.18. The van der Waals surface area contributed by atoms with Crippen LogP contribution in [0.5, 0.6) is 0 Å². The number of azide groups is 1. The number of nitrogens with zero attached hydrogens (tertiary/aromatic N) is 3. The van der Waals surface area contributed by atoms with Crippen molar-refractivity contribution in [1.29, 1.82) is 0 Å². The van der Waals surface area contributed by atoms with E-state index in [-0.39, 0.29) is 5.11 Å². The largest absolute Gasteiger partial charge is 0.376 e. The molecule has 1 aromatic rings. The van der Waals surface area contributed by atoms with E-state index in [0.29, 0.717) is 13.0 Å². The first kappa shape index (κ1) is 12.8. The Morgan fingerprint density at radius 3 is 3.12 bits per heavy atom. The van der Waals surface area contributed by atoms with Gasteiger partial charge in [-0.15, -0.1) is 0 Å². The van der Waals surface area contributed by atoms with E-state index in [1.165, 1.54) is 0 Å². The highest BCUT2D eigenvalue weighted by Gasteiger charge is 1.93. The summed E-state index contributed by atoms with van der Waals surface area (Å²) in [4.78, 5) is 2.65. The molecule has 86 valence electrons. The van der Waals surface area contributed by atoms with Gasteiger partial charge in [-0.2, -0.15) is 0 Å². The number of benzene rings is 1. The molecule has 3 N–H and O–H groups in total. The maximum atomic E-state index is 8.08. The molecule has 0 atom stereocenters. The third-order valence-electron chi connectivity index (χ3n) is 1.76. The molecule has 0 saturated heterocycles.